The van der Waals surface area contributed by atoms with Gasteiger partial charge in [-0.3, -0.25) is 0 Å². The molecule has 1 aromatic carbocycles. The normalized spacial score (nSPS) is 22.9. The fourth-order valence-corrected chi connectivity index (χ4v) is 3.53. The topological polar surface area (TPSA) is 118 Å². The Kier molecular flexibility index (Phi) is 4.52. The number of hydrogen-bond donors (Lipinski definition) is 4. The molecule has 0 aliphatic heterocycles. The molecule has 1 aromatic rings. The van der Waals surface area contributed by atoms with E-state index in [9.17, 15) is 13.5 Å². The van der Waals surface area contributed by atoms with Gasteiger partial charge in [-0.05, 0) is 42.9 Å². The number of anilines is 2. The molecule has 0 bridgehead atoms. The summed E-state index contributed by atoms with van der Waals surface area (Å²) in [6.07, 6.45) is 3.16. The molecule has 0 saturated heterocycles. The van der Waals surface area contributed by atoms with Gasteiger partial charge in [0.15, 0.2) is 0 Å². The van der Waals surface area contributed by atoms with Crippen molar-refractivity contribution in [2.24, 2.45) is 17.0 Å². The van der Waals surface area contributed by atoms with Gasteiger partial charge in [-0.25, -0.2) is 13.6 Å². The highest BCUT2D eigenvalue weighted by Crippen LogP contribution is 2.32. The monoisotopic (exact) mass is 299 g/mol. The Hall–Kier alpha value is -1.31. The van der Waals surface area contributed by atoms with Gasteiger partial charge in [0.05, 0.1) is 5.69 Å². The van der Waals surface area contributed by atoms with Gasteiger partial charge < -0.3 is 16.2 Å². The first-order chi connectivity index (χ1) is 9.41. The summed E-state index contributed by atoms with van der Waals surface area (Å²) >= 11 is 0. The molecular weight excluding hydrogens is 278 g/mol. The summed E-state index contributed by atoms with van der Waals surface area (Å²) < 4.78 is 23.1. The van der Waals surface area contributed by atoms with Gasteiger partial charge in [0.25, 0.3) is 0 Å². The summed E-state index contributed by atoms with van der Waals surface area (Å²) in [6, 6.07) is 4.61. The second kappa shape index (κ2) is 5.99. The van der Waals surface area contributed by atoms with Gasteiger partial charge in [-0.15, -0.1) is 0 Å². The highest BCUT2D eigenvalue weighted by Gasteiger charge is 2.26. The molecular formula is C13H21N3O3S. The van der Waals surface area contributed by atoms with E-state index in [1.807, 2.05) is 0 Å². The number of nitrogens with two attached hydrogens (primary N) is 2. The van der Waals surface area contributed by atoms with Gasteiger partial charge in [0.2, 0.25) is 10.0 Å². The van der Waals surface area contributed by atoms with Crippen molar-refractivity contribution in [2.45, 2.75) is 24.2 Å². The summed E-state index contributed by atoms with van der Waals surface area (Å²) in [5, 5.41) is 17.6. The van der Waals surface area contributed by atoms with Crippen molar-refractivity contribution in [1.29, 1.82) is 0 Å². The average Bonchev–Trinajstić information content (AvgIpc) is 2.83. The molecule has 112 valence electrons. The number of nitrogen functional groups attached to an aromatic ring is 1. The first-order valence-electron chi connectivity index (χ1n) is 6.69. The lowest BCUT2D eigenvalue weighted by molar-refractivity contribution is 0.199. The molecule has 1 saturated carbocycles. The highest BCUT2D eigenvalue weighted by atomic mass is 32.2. The minimum Gasteiger partial charge on any atom is -0.399 e. The Morgan fingerprint density at radius 1 is 1.30 bits per heavy atom. The SMILES string of the molecule is Nc1ccc(NCC2CCCC2CO)c(S(N)(=O)=O)c1. The fourth-order valence-electron chi connectivity index (χ4n) is 2.78. The average molecular weight is 299 g/mol. The van der Waals surface area contributed by atoms with Crippen molar-refractivity contribution < 1.29 is 13.5 Å². The zero-order valence-corrected chi connectivity index (χ0v) is 12.1. The lowest BCUT2D eigenvalue weighted by Crippen LogP contribution is -2.22. The minimum atomic E-state index is -3.81. The Bertz CT molecular complexity index is 574. The van der Waals surface area contributed by atoms with Crippen LogP contribution in [0.4, 0.5) is 11.4 Å². The zero-order chi connectivity index (χ0) is 14.8. The van der Waals surface area contributed by atoms with Gasteiger partial charge >= 0.3 is 0 Å². The number of nitrogens with one attached hydrogen (secondary N) is 1. The maximum atomic E-state index is 11.6. The molecule has 0 radical (unpaired) electrons. The van der Waals surface area contributed by atoms with E-state index in [0.717, 1.165) is 19.3 Å². The smallest absolute Gasteiger partial charge is 0.240 e. The Balaban J connectivity index is 2.14. The number of hydrogen-bond acceptors (Lipinski definition) is 5. The highest BCUT2D eigenvalue weighted by molar-refractivity contribution is 7.89. The van der Waals surface area contributed by atoms with Crippen molar-refractivity contribution in [2.75, 3.05) is 24.2 Å². The Morgan fingerprint density at radius 2 is 2.00 bits per heavy atom. The van der Waals surface area contributed by atoms with Crippen LogP contribution in [0.5, 0.6) is 0 Å². The largest absolute Gasteiger partial charge is 0.399 e. The van der Waals surface area contributed by atoms with Crippen molar-refractivity contribution in [3.63, 3.8) is 0 Å². The zero-order valence-electron chi connectivity index (χ0n) is 11.2. The van der Waals surface area contributed by atoms with Crippen LogP contribution >= 0.6 is 0 Å². The van der Waals surface area contributed by atoms with Crippen LogP contribution in [0.15, 0.2) is 23.1 Å². The summed E-state index contributed by atoms with van der Waals surface area (Å²) in [6.45, 7) is 0.799. The standard InChI is InChI=1S/C13H21N3O3S/c14-11-4-5-12(13(6-11)20(15,18)19)16-7-9-2-1-3-10(9)8-17/h4-6,9-10,16-17H,1-3,7-8,14H2,(H2,15,18,19). The molecule has 1 aliphatic rings. The molecule has 0 aromatic heterocycles. The van der Waals surface area contributed by atoms with Crippen LogP contribution in [0.2, 0.25) is 0 Å². The first-order valence-corrected chi connectivity index (χ1v) is 8.23. The number of primary sulfonamides is 1. The number of rotatable bonds is 5. The van der Waals surface area contributed by atoms with Crippen molar-refractivity contribution >= 4 is 21.4 Å². The summed E-state index contributed by atoms with van der Waals surface area (Å²) in [5.41, 5.74) is 6.42. The molecule has 0 spiro atoms. The van der Waals surface area contributed by atoms with E-state index in [4.69, 9.17) is 10.9 Å². The second-order valence-electron chi connectivity index (χ2n) is 5.32. The molecule has 1 aliphatic carbocycles. The summed E-state index contributed by atoms with van der Waals surface area (Å²) in [7, 11) is -3.81. The van der Waals surface area contributed by atoms with Crippen LogP contribution in [-0.4, -0.2) is 26.7 Å². The van der Waals surface area contributed by atoms with Crippen LogP contribution in [-0.2, 0) is 10.0 Å². The fraction of sp³-hybridized carbons (Fsp3) is 0.538. The molecule has 2 unspecified atom stereocenters. The molecule has 1 fully saturated rings. The van der Waals surface area contributed by atoms with E-state index >= 15 is 0 Å². The van der Waals surface area contributed by atoms with Crippen LogP contribution in [0.1, 0.15) is 19.3 Å². The summed E-state index contributed by atoms with van der Waals surface area (Å²) in [5.74, 6) is 0.639. The second-order valence-corrected chi connectivity index (χ2v) is 6.84. The number of benzene rings is 1. The van der Waals surface area contributed by atoms with Gasteiger partial charge in [-0.2, -0.15) is 0 Å². The van der Waals surface area contributed by atoms with Crippen molar-refractivity contribution in [3.05, 3.63) is 18.2 Å². The van der Waals surface area contributed by atoms with Crippen LogP contribution in [0.25, 0.3) is 0 Å². The molecule has 6 nitrogen and oxygen atoms in total. The van der Waals surface area contributed by atoms with E-state index in [1.165, 1.54) is 6.07 Å². The maximum absolute atomic E-state index is 11.6. The quantitative estimate of drug-likeness (QED) is 0.598. The summed E-state index contributed by atoms with van der Waals surface area (Å²) in [4.78, 5) is 0.0102. The minimum absolute atomic E-state index is 0.0102. The third kappa shape index (κ3) is 3.41. The Morgan fingerprint density at radius 3 is 2.65 bits per heavy atom. The maximum Gasteiger partial charge on any atom is 0.240 e. The number of aliphatic hydroxyl groups excluding tert-OH is 1. The molecule has 6 N–H and O–H groups in total. The van der Waals surface area contributed by atoms with Gasteiger partial charge in [0.1, 0.15) is 4.90 Å². The molecule has 0 heterocycles. The number of aliphatic hydroxyl groups is 1. The van der Waals surface area contributed by atoms with E-state index in [2.05, 4.69) is 5.32 Å². The molecule has 20 heavy (non-hydrogen) atoms. The predicted octanol–water partition coefficient (Wildman–Crippen LogP) is 0.737. The van der Waals surface area contributed by atoms with Crippen molar-refractivity contribution in [1.82, 2.24) is 0 Å². The van der Waals surface area contributed by atoms with Crippen LogP contribution in [0, 0.1) is 11.8 Å². The van der Waals surface area contributed by atoms with Gasteiger partial charge in [0, 0.05) is 18.8 Å². The Labute approximate surface area is 119 Å². The molecule has 0 amide bonds. The predicted molar refractivity (Wildman–Crippen MR) is 78.6 cm³/mol. The molecule has 2 atom stereocenters. The van der Waals surface area contributed by atoms with E-state index < -0.39 is 10.0 Å². The van der Waals surface area contributed by atoms with E-state index in [1.54, 1.807) is 12.1 Å². The third-order valence-corrected chi connectivity index (χ3v) is 4.87. The third-order valence-electron chi connectivity index (χ3n) is 3.92. The molecule has 2 rings (SSSR count). The lowest BCUT2D eigenvalue weighted by atomic mass is 9.97. The van der Waals surface area contributed by atoms with Crippen LogP contribution < -0.4 is 16.2 Å². The molecule has 7 heteroatoms. The lowest BCUT2D eigenvalue weighted by Gasteiger charge is -2.19. The van der Waals surface area contributed by atoms with E-state index in [-0.39, 0.29) is 17.4 Å². The van der Waals surface area contributed by atoms with Crippen LogP contribution in [0.3, 0.4) is 0 Å². The van der Waals surface area contributed by atoms with E-state index in [0.29, 0.717) is 23.8 Å². The number of sulfonamides is 1. The first kappa shape index (κ1) is 15.1. The van der Waals surface area contributed by atoms with Crippen molar-refractivity contribution in [3.8, 4) is 0 Å². The van der Waals surface area contributed by atoms with Gasteiger partial charge in [-0.1, -0.05) is 6.42 Å².